The van der Waals surface area contributed by atoms with Crippen molar-refractivity contribution >= 4 is 32.6 Å². The first-order chi connectivity index (χ1) is 13.7. The molecule has 3 aromatic rings. The quantitative estimate of drug-likeness (QED) is 0.592. The van der Waals surface area contributed by atoms with Crippen molar-refractivity contribution < 1.29 is 14.3 Å². The van der Waals surface area contributed by atoms with Crippen LogP contribution in [0, 0.1) is 0 Å². The van der Waals surface area contributed by atoms with Crippen LogP contribution in [0.3, 0.4) is 0 Å². The molecule has 1 atom stereocenters. The Kier molecular flexibility index (Phi) is 5.88. The van der Waals surface area contributed by atoms with Gasteiger partial charge in [-0.1, -0.05) is 35.6 Å². The number of fused-ring (bicyclic) bond motifs is 1. The highest BCUT2D eigenvalue weighted by Gasteiger charge is 2.26. The van der Waals surface area contributed by atoms with E-state index in [1.54, 1.807) is 16.2 Å². The molecule has 0 N–H and O–H groups in total. The first kappa shape index (κ1) is 18.9. The topological polar surface area (TPSA) is 51.7 Å². The molecular formula is C22H24N2O3S. The molecule has 1 unspecified atom stereocenters. The minimum absolute atomic E-state index is 0.0405. The number of nitrogens with zero attached hydrogens (tertiary/aromatic N) is 2. The summed E-state index contributed by atoms with van der Waals surface area (Å²) in [6.45, 7) is 3.91. The van der Waals surface area contributed by atoms with Crippen LogP contribution >= 0.6 is 11.3 Å². The van der Waals surface area contributed by atoms with Gasteiger partial charge in [0.25, 0.3) is 0 Å². The monoisotopic (exact) mass is 396 g/mol. The molecular weight excluding hydrogens is 372 g/mol. The second kappa shape index (κ2) is 8.71. The van der Waals surface area contributed by atoms with Gasteiger partial charge in [-0.25, -0.2) is 4.98 Å². The zero-order valence-electron chi connectivity index (χ0n) is 16.0. The molecule has 146 valence electrons. The van der Waals surface area contributed by atoms with E-state index in [-0.39, 0.29) is 12.0 Å². The maximum absolute atomic E-state index is 13.2. The van der Waals surface area contributed by atoms with E-state index < -0.39 is 0 Å². The number of rotatable bonds is 7. The summed E-state index contributed by atoms with van der Waals surface area (Å²) in [5, 5.41) is 0.743. The average Bonchev–Trinajstić information content (AvgIpc) is 3.37. The van der Waals surface area contributed by atoms with E-state index in [0.29, 0.717) is 19.6 Å². The number of anilines is 1. The van der Waals surface area contributed by atoms with Crippen LogP contribution in [0.15, 0.2) is 48.5 Å². The van der Waals surface area contributed by atoms with Crippen LogP contribution < -0.4 is 9.64 Å². The van der Waals surface area contributed by atoms with Gasteiger partial charge in [0.2, 0.25) is 5.91 Å². The van der Waals surface area contributed by atoms with Gasteiger partial charge >= 0.3 is 0 Å². The van der Waals surface area contributed by atoms with Crippen LogP contribution in [0.5, 0.6) is 5.75 Å². The Balaban J connectivity index is 1.55. The molecule has 4 rings (SSSR count). The Morgan fingerprint density at radius 1 is 1.25 bits per heavy atom. The molecule has 5 nitrogen and oxygen atoms in total. The number of carbonyl (C=O) groups excluding carboxylic acids is 1. The van der Waals surface area contributed by atoms with E-state index in [2.05, 4.69) is 0 Å². The summed E-state index contributed by atoms with van der Waals surface area (Å²) < 4.78 is 12.4. The van der Waals surface area contributed by atoms with Crippen molar-refractivity contribution in [1.82, 2.24) is 4.98 Å². The van der Waals surface area contributed by atoms with E-state index in [9.17, 15) is 4.79 Å². The third-order valence-electron chi connectivity index (χ3n) is 4.81. The maximum Gasteiger partial charge on any atom is 0.233 e. The van der Waals surface area contributed by atoms with E-state index in [1.165, 1.54) is 0 Å². The number of hydrogen-bond donors (Lipinski definition) is 0. The number of thiazole rings is 1. The molecule has 1 saturated heterocycles. The van der Waals surface area contributed by atoms with Crippen molar-refractivity contribution in [3.8, 4) is 5.75 Å². The summed E-state index contributed by atoms with van der Waals surface area (Å²) in [5.74, 6) is 0.861. The lowest BCUT2D eigenvalue weighted by atomic mass is 10.1. The van der Waals surface area contributed by atoms with Crippen molar-refractivity contribution in [1.29, 1.82) is 0 Å². The van der Waals surface area contributed by atoms with E-state index >= 15 is 0 Å². The zero-order chi connectivity index (χ0) is 19.3. The van der Waals surface area contributed by atoms with Crippen LogP contribution in [0.4, 0.5) is 5.13 Å². The van der Waals surface area contributed by atoms with Crippen molar-refractivity contribution in [2.45, 2.75) is 32.3 Å². The molecule has 1 aromatic heterocycles. The first-order valence-corrected chi connectivity index (χ1v) is 10.5. The molecule has 1 fully saturated rings. The smallest absolute Gasteiger partial charge is 0.233 e. The molecule has 0 bridgehead atoms. The van der Waals surface area contributed by atoms with Gasteiger partial charge in [-0.3, -0.25) is 9.69 Å². The predicted octanol–water partition coefficient (Wildman–Crippen LogP) is 4.45. The highest BCUT2D eigenvalue weighted by atomic mass is 32.1. The molecule has 0 aliphatic carbocycles. The molecule has 6 heteroatoms. The second-order valence-electron chi connectivity index (χ2n) is 6.86. The lowest BCUT2D eigenvalue weighted by Crippen LogP contribution is -2.38. The Morgan fingerprint density at radius 2 is 2.07 bits per heavy atom. The summed E-state index contributed by atoms with van der Waals surface area (Å²) in [6.07, 6.45) is 2.44. The molecule has 0 radical (unpaired) electrons. The van der Waals surface area contributed by atoms with Crippen LogP contribution in [0.25, 0.3) is 10.2 Å². The van der Waals surface area contributed by atoms with Crippen LogP contribution in [0.2, 0.25) is 0 Å². The van der Waals surface area contributed by atoms with Crippen LogP contribution in [-0.4, -0.2) is 36.8 Å². The number of para-hydroxylation sites is 1. The third kappa shape index (κ3) is 4.34. The Bertz CT molecular complexity index is 899. The molecule has 1 amide bonds. The average molecular weight is 397 g/mol. The number of carbonyl (C=O) groups is 1. The Morgan fingerprint density at radius 3 is 2.79 bits per heavy atom. The fraction of sp³-hybridized carbons (Fsp3) is 0.364. The third-order valence-corrected chi connectivity index (χ3v) is 5.87. The minimum atomic E-state index is 0.0405. The van der Waals surface area contributed by atoms with E-state index in [1.807, 2.05) is 55.5 Å². The lowest BCUT2D eigenvalue weighted by Gasteiger charge is -2.23. The number of ether oxygens (including phenoxy) is 2. The maximum atomic E-state index is 13.2. The van der Waals surface area contributed by atoms with Gasteiger partial charge in [0.1, 0.15) is 5.75 Å². The number of hydrogen-bond acceptors (Lipinski definition) is 5. The second-order valence-corrected chi connectivity index (χ2v) is 7.87. The molecule has 0 spiro atoms. The van der Waals surface area contributed by atoms with Gasteiger partial charge in [0.15, 0.2) is 5.13 Å². The van der Waals surface area contributed by atoms with Crippen molar-refractivity contribution in [3.63, 3.8) is 0 Å². The van der Waals surface area contributed by atoms with Gasteiger partial charge in [-0.2, -0.15) is 0 Å². The number of amides is 1. The molecule has 0 saturated carbocycles. The van der Waals surface area contributed by atoms with Crippen LogP contribution in [-0.2, 0) is 16.0 Å². The van der Waals surface area contributed by atoms with Gasteiger partial charge in [-0.05, 0) is 49.6 Å². The van der Waals surface area contributed by atoms with Crippen LogP contribution in [0.1, 0.15) is 25.3 Å². The van der Waals surface area contributed by atoms with Crippen molar-refractivity contribution in [3.05, 3.63) is 54.1 Å². The van der Waals surface area contributed by atoms with E-state index in [4.69, 9.17) is 14.5 Å². The molecule has 2 aromatic carbocycles. The first-order valence-electron chi connectivity index (χ1n) is 9.72. The van der Waals surface area contributed by atoms with Gasteiger partial charge in [0.05, 0.1) is 35.9 Å². The van der Waals surface area contributed by atoms with Gasteiger partial charge < -0.3 is 9.47 Å². The Labute approximate surface area is 168 Å². The Hall–Kier alpha value is -2.44. The van der Waals surface area contributed by atoms with Crippen molar-refractivity contribution in [2.24, 2.45) is 0 Å². The fourth-order valence-corrected chi connectivity index (χ4v) is 4.39. The normalized spacial score (nSPS) is 16.4. The van der Waals surface area contributed by atoms with Crippen molar-refractivity contribution in [2.75, 3.05) is 24.7 Å². The SMILES string of the molecule is CCOc1ccc(CC(=O)N(CC2CCCO2)c2nc3ccccc3s2)cc1. The highest BCUT2D eigenvalue weighted by molar-refractivity contribution is 7.22. The zero-order valence-corrected chi connectivity index (χ0v) is 16.8. The largest absolute Gasteiger partial charge is 0.494 e. The summed E-state index contributed by atoms with van der Waals surface area (Å²) in [5.41, 5.74) is 1.89. The molecule has 1 aliphatic rings. The summed E-state index contributed by atoms with van der Waals surface area (Å²) in [4.78, 5) is 19.7. The minimum Gasteiger partial charge on any atom is -0.494 e. The standard InChI is InChI=1S/C22H24N2O3S/c1-2-26-17-11-9-16(10-12-17)14-21(25)24(15-18-6-5-13-27-18)22-23-19-7-3-4-8-20(19)28-22/h3-4,7-12,18H,2,5-6,13-15H2,1H3. The summed E-state index contributed by atoms with van der Waals surface area (Å²) in [6, 6.07) is 15.7. The summed E-state index contributed by atoms with van der Waals surface area (Å²) in [7, 11) is 0. The van der Waals surface area contributed by atoms with Gasteiger partial charge in [0, 0.05) is 6.61 Å². The fourth-order valence-electron chi connectivity index (χ4n) is 3.39. The molecule has 2 heterocycles. The molecule has 1 aliphatic heterocycles. The number of aromatic nitrogens is 1. The summed E-state index contributed by atoms with van der Waals surface area (Å²) >= 11 is 1.56. The number of benzene rings is 2. The predicted molar refractivity (Wildman–Crippen MR) is 112 cm³/mol. The lowest BCUT2D eigenvalue weighted by molar-refractivity contribution is -0.118. The highest BCUT2D eigenvalue weighted by Crippen LogP contribution is 2.30. The van der Waals surface area contributed by atoms with E-state index in [0.717, 1.165) is 46.1 Å². The molecule has 28 heavy (non-hydrogen) atoms. The van der Waals surface area contributed by atoms with Gasteiger partial charge in [-0.15, -0.1) is 0 Å².